The lowest BCUT2D eigenvalue weighted by Gasteiger charge is -2.09. The van der Waals surface area contributed by atoms with Gasteiger partial charge in [-0.2, -0.15) is 0 Å². The lowest BCUT2D eigenvalue weighted by atomic mass is 10.3. The molecule has 1 aromatic carbocycles. The molecule has 0 atom stereocenters. The molecular weight excluding hydrogens is 314 g/mol. The van der Waals surface area contributed by atoms with Gasteiger partial charge in [-0.1, -0.05) is 11.6 Å². The summed E-state index contributed by atoms with van der Waals surface area (Å²) < 4.78 is 9.87. The van der Waals surface area contributed by atoms with E-state index in [0.717, 1.165) is 0 Å². The van der Waals surface area contributed by atoms with Crippen molar-refractivity contribution in [1.29, 1.82) is 0 Å². The molecule has 0 aliphatic carbocycles. The Hall–Kier alpha value is -2.32. The molecular formula is C13H16ClN3O5. The SMILES string of the molecule is COCCNC(=O)C(=O)NNC(=O)COc1ccc(Cl)cc1. The topological polar surface area (TPSA) is 106 Å². The van der Waals surface area contributed by atoms with Gasteiger partial charge in [0.2, 0.25) is 0 Å². The number of nitrogens with one attached hydrogen (secondary N) is 3. The minimum atomic E-state index is -0.990. The van der Waals surface area contributed by atoms with Gasteiger partial charge in [-0.3, -0.25) is 25.2 Å². The third-order valence-electron chi connectivity index (χ3n) is 2.30. The number of methoxy groups -OCH3 is 1. The highest BCUT2D eigenvalue weighted by molar-refractivity contribution is 6.35. The number of hydrazine groups is 1. The van der Waals surface area contributed by atoms with Crippen LogP contribution in [0.1, 0.15) is 0 Å². The highest BCUT2D eigenvalue weighted by Gasteiger charge is 2.13. The van der Waals surface area contributed by atoms with Crippen LogP contribution in [-0.4, -0.2) is 44.6 Å². The largest absolute Gasteiger partial charge is 0.484 e. The quantitative estimate of drug-likeness (QED) is 0.375. The maximum absolute atomic E-state index is 11.4. The molecule has 120 valence electrons. The highest BCUT2D eigenvalue weighted by atomic mass is 35.5. The van der Waals surface area contributed by atoms with E-state index in [-0.39, 0.29) is 19.8 Å². The molecule has 1 rings (SSSR count). The monoisotopic (exact) mass is 329 g/mol. The van der Waals surface area contributed by atoms with E-state index in [4.69, 9.17) is 21.1 Å². The van der Waals surface area contributed by atoms with Crippen LogP contribution < -0.4 is 20.9 Å². The zero-order chi connectivity index (χ0) is 16.4. The fourth-order valence-corrected chi connectivity index (χ4v) is 1.37. The molecule has 0 unspecified atom stereocenters. The molecule has 0 radical (unpaired) electrons. The molecule has 0 aliphatic rings. The summed E-state index contributed by atoms with van der Waals surface area (Å²) in [5.74, 6) is -2.04. The van der Waals surface area contributed by atoms with Crippen LogP contribution in [0.2, 0.25) is 5.02 Å². The molecule has 0 fully saturated rings. The van der Waals surface area contributed by atoms with Crippen molar-refractivity contribution in [1.82, 2.24) is 16.2 Å². The van der Waals surface area contributed by atoms with Gasteiger partial charge in [-0.05, 0) is 24.3 Å². The summed E-state index contributed by atoms with van der Waals surface area (Å²) in [5.41, 5.74) is 4.02. The molecule has 0 spiro atoms. The van der Waals surface area contributed by atoms with Crippen LogP contribution in [-0.2, 0) is 19.1 Å². The number of ether oxygens (including phenoxy) is 2. The molecule has 22 heavy (non-hydrogen) atoms. The van der Waals surface area contributed by atoms with Crippen molar-refractivity contribution in [3.63, 3.8) is 0 Å². The maximum Gasteiger partial charge on any atom is 0.327 e. The van der Waals surface area contributed by atoms with E-state index < -0.39 is 17.7 Å². The van der Waals surface area contributed by atoms with E-state index in [9.17, 15) is 14.4 Å². The first-order valence-corrected chi connectivity index (χ1v) is 6.65. The van der Waals surface area contributed by atoms with Crippen LogP contribution in [0, 0.1) is 0 Å². The Morgan fingerprint density at radius 2 is 1.77 bits per heavy atom. The van der Waals surface area contributed by atoms with E-state index >= 15 is 0 Å². The van der Waals surface area contributed by atoms with E-state index in [1.54, 1.807) is 24.3 Å². The highest BCUT2D eigenvalue weighted by Crippen LogP contribution is 2.15. The van der Waals surface area contributed by atoms with Crippen molar-refractivity contribution in [2.75, 3.05) is 26.9 Å². The number of hydrogen-bond acceptors (Lipinski definition) is 5. The number of carbonyl (C=O) groups excluding carboxylic acids is 3. The predicted octanol–water partition coefficient (Wildman–Crippen LogP) is -0.371. The zero-order valence-corrected chi connectivity index (χ0v) is 12.6. The fraction of sp³-hybridized carbons (Fsp3) is 0.308. The van der Waals surface area contributed by atoms with Crippen molar-refractivity contribution in [2.24, 2.45) is 0 Å². The van der Waals surface area contributed by atoms with Gasteiger partial charge in [0.25, 0.3) is 5.91 Å². The van der Waals surface area contributed by atoms with Crippen LogP contribution >= 0.6 is 11.6 Å². The molecule has 0 saturated heterocycles. The van der Waals surface area contributed by atoms with E-state index in [1.807, 2.05) is 5.43 Å². The number of rotatable bonds is 6. The predicted molar refractivity (Wildman–Crippen MR) is 78.1 cm³/mol. The normalized spacial score (nSPS) is 9.73. The van der Waals surface area contributed by atoms with Gasteiger partial charge >= 0.3 is 11.8 Å². The number of halogens is 1. The lowest BCUT2D eigenvalue weighted by molar-refractivity contribution is -0.141. The molecule has 1 aromatic rings. The Morgan fingerprint density at radius 3 is 2.41 bits per heavy atom. The number of benzene rings is 1. The van der Waals surface area contributed by atoms with Gasteiger partial charge in [0, 0.05) is 18.7 Å². The lowest BCUT2D eigenvalue weighted by Crippen LogP contribution is -2.50. The molecule has 8 nitrogen and oxygen atoms in total. The van der Waals surface area contributed by atoms with Crippen molar-refractivity contribution in [2.45, 2.75) is 0 Å². The van der Waals surface area contributed by atoms with E-state index in [2.05, 4.69) is 10.7 Å². The fourth-order valence-electron chi connectivity index (χ4n) is 1.25. The summed E-state index contributed by atoms with van der Waals surface area (Å²) in [6.45, 7) is 0.143. The van der Waals surface area contributed by atoms with Crippen LogP contribution in [0.3, 0.4) is 0 Å². The first-order chi connectivity index (χ1) is 10.5. The second-order valence-corrected chi connectivity index (χ2v) is 4.43. The average Bonchev–Trinajstić information content (AvgIpc) is 2.52. The Morgan fingerprint density at radius 1 is 1.09 bits per heavy atom. The molecule has 0 aromatic heterocycles. The molecule has 3 N–H and O–H groups in total. The second-order valence-electron chi connectivity index (χ2n) is 3.99. The standard InChI is InChI=1S/C13H16ClN3O5/c1-21-7-6-15-12(19)13(20)17-16-11(18)8-22-10-4-2-9(14)3-5-10/h2-5H,6-8H2,1H3,(H,15,19)(H,16,18)(H,17,20). The van der Waals surface area contributed by atoms with Gasteiger partial charge < -0.3 is 14.8 Å². The molecule has 9 heteroatoms. The molecule has 0 heterocycles. The third kappa shape index (κ3) is 6.91. The van der Waals surface area contributed by atoms with Gasteiger partial charge in [0.15, 0.2) is 6.61 Å². The summed E-state index contributed by atoms with van der Waals surface area (Å²) in [6.07, 6.45) is 0. The first kappa shape index (κ1) is 17.7. The van der Waals surface area contributed by atoms with Crippen LogP contribution in [0.25, 0.3) is 0 Å². The minimum absolute atomic E-state index is 0.191. The van der Waals surface area contributed by atoms with Gasteiger partial charge in [0.1, 0.15) is 5.75 Å². The van der Waals surface area contributed by atoms with Crippen molar-refractivity contribution < 1.29 is 23.9 Å². The van der Waals surface area contributed by atoms with Gasteiger partial charge in [-0.15, -0.1) is 0 Å². The zero-order valence-electron chi connectivity index (χ0n) is 11.8. The minimum Gasteiger partial charge on any atom is -0.484 e. The maximum atomic E-state index is 11.4. The molecule has 3 amide bonds. The summed E-state index contributed by atoms with van der Waals surface area (Å²) in [7, 11) is 1.47. The van der Waals surface area contributed by atoms with Gasteiger partial charge in [0.05, 0.1) is 6.61 Å². The Balaban J connectivity index is 2.23. The summed E-state index contributed by atoms with van der Waals surface area (Å²) in [5, 5.41) is 2.84. The number of carbonyl (C=O) groups is 3. The Labute approximate surface area is 132 Å². The third-order valence-corrected chi connectivity index (χ3v) is 2.55. The Bertz CT molecular complexity index is 521. The van der Waals surface area contributed by atoms with Crippen molar-refractivity contribution in [3.05, 3.63) is 29.3 Å². The van der Waals surface area contributed by atoms with E-state index in [0.29, 0.717) is 10.8 Å². The Kier molecular flexibility index (Phi) is 7.73. The average molecular weight is 330 g/mol. The smallest absolute Gasteiger partial charge is 0.327 e. The number of hydrogen-bond donors (Lipinski definition) is 3. The van der Waals surface area contributed by atoms with Crippen molar-refractivity contribution in [3.8, 4) is 5.75 Å². The molecule has 0 bridgehead atoms. The molecule has 0 aliphatic heterocycles. The van der Waals surface area contributed by atoms with Crippen LogP contribution in [0.4, 0.5) is 0 Å². The first-order valence-electron chi connectivity index (χ1n) is 6.27. The van der Waals surface area contributed by atoms with Crippen LogP contribution in [0.5, 0.6) is 5.75 Å². The molecule has 0 saturated carbocycles. The summed E-state index contributed by atoms with van der Waals surface area (Å²) in [4.78, 5) is 34.0. The van der Waals surface area contributed by atoms with Crippen LogP contribution in [0.15, 0.2) is 24.3 Å². The summed E-state index contributed by atoms with van der Waals surface area (Å²) >= 11 is 5.71. The van der Waals surface area contributed by atoms with Gasteiger partial charge in [-0.25, -0.2) is 0 Å². The number of amides is 3. The van der Waals surface area contributed by atoms with E-state index in [1.165, 1.54) is 7.11 Å². The van der Waals surface area contributed by atoms with Crippen molar-refractivity contribution >= 4 is 29.3 Å². The summed E-state index contributed by atoms with van der Waals surface area (Å²) in [6, 6.07) is 6.41. The second kappa shape index (κ2) is 9.59.